The summed E-state index contributed by atoms with van der Waals surface area (Å²) < 4.78 is 5.03. The molecule has 3 rings (SSSR count). The molecule has 0 spiro atoms. The van der Waals surface area contributed by atoms with Crippen molar-refractivity contribution in [1.82, 2.24) is 10.2 Å². The maximum Gasteiger partial charge on any atom is 0.338 e. The Balaban J connectivity index is 1.99. The van der Waals surface area contributed by atoms with Gasteiger partial charge < -0.3 is 4.74 Å². The van der Waals surface area contributed by atoms with Crippen LogP contribution in [0.2, 0.25) is 0 Å². The third kappa shape index (κ3) is 3.08. The van der Waals surface area contributed by atoms with Crippen molar-refractivity contribution in [2.45, 2.75) is 20.8 Å². The summed E-state index contributed by atoms with van der Waals surface area (Å²) in [5.41, 5.74) is 6.81. The van der Waals surface area contributed by atoms with Crippen molar-refractivity contribution < 1.29 is 9.53 Å². The monoisotopic (exact) mass is 320 g/mol. The summed E-state index contributed by atoms with van der Waals surface area (Å²) in [5.74, 6) is -0.299. The van der Waals surface area contributed by atoms with Crippen molar-refractivity contribution in [3.8, 4) is 22.4 Å². The van der Waals surface area contributed by atoms with Crippen LogP contribution >= 0.6 is 0 Å². The molecule has 0 aliphatic carbocycles. The lowest BCUT2D eigenvalue weighted by Crippen LogP contribution is -2.04. The molecule has 0 fully saturated rings. The van der Waals surface area contributed by atoms with Gasteiger partial charge in [0.1, 0.15) is 5.69 Å². The quantitative estimate of drug-likeness (QED) is 0.718. The van der Waals surface area contributed by atoms with Crippen molar-refractivity contribution >= 4 is 5.97 Å². The number of nitrogens with zero attached hydrogens (tertiary/aromatic N) is 1. The van der Waals surface area contributed by atoms with Gasteiger partial charge in [0.25, 0.3) is 0 Å². The van der Waals surface area contributed by atoms with Gasteiger partial charge in [-0.3, -0.25) is 5.10 Å². The van der Waals surface area contributed by atoms with Crippen molar-refractivity contribution in [1.29, 1.82) is 0 Å². The molecule has 4 nitrogen and oxygen atoms in total. The Labute approximate surface area is 141 Å². The summed E-state index contributed by atoms with van der Waals surface area (Å²) in [5, 5.41) is 7.53. The van der Waals surface area contributed by atoms with Gasteiger partial charge in [0.05, 0.1) is 12.2 Å². The number of aryl methyl sites for hydroxylation is 2. The largest absolute Gasteiger partial charge is 0.462 e. The Bertz CT molecular complexity index is 846. The Morgan fingerprint density at radius 3 is 2.25 bits per heavy atom. The number of nitrogens with one attached hydrogen (secondary N) is 1. The number of aromatic amines is 1. The van der Waals surface area contributed by atoms with E-state index in [4.69, 9.17) is 4.74 Å². The molecule has 0 aliphatic rings. The fraction of sp³-hybridized carbons (Fsp3) is 0.200. The molecule has 2 aromatic carbocycles. The van der Waals surface area contributed by atoms with Crippen LogP contribution in [-0.2, 0) is 4.74 Å². The number of aromatic nitrogens is 2. The van der Waals surface area contributed by atoms with Gasteiger partial charge in [0.15, 0.2) is 0 Å². The van der Waals surface area contributed by atoms with Gasteiger partial charge in [-0.15, -0.1) is 0 Å². The number of esters is 1. The Morgan fingerprint density at radius 1 is 1.00 bits per heavy atom. The van der Waals surface area contributed by atoms with Crippen LogP contribution in [0.3, 0.4) is 0 Å². The van der Waals surface area contributed by atoms with E-state index in [1.54, 1.807) is 19.1 Å². The number of hydrogen-bond donors (Lipinski definition) is 1. The van der Waals surface area contributed by atoms with E-state index in [0.29, 0.717) is 12.2 Å². The fourth-order valence-corrected chi connectivity index (χ4v) is 2.69. The highest BCUT2D eigenvalue weighted by Crippen LogP contribution is 2.33. The maximum absolute atomic E-state index is 11.8. The number of carbonyl (C=O) groups is 1. The zero-order valence-electron chi connectivity index (χ0n) is 14.1. The van der Waals surface area contributed by atoms with Crippen molar-refractivity contribution in [2.24, 2.45) is 0 Å². The van der Waals surface area contributed by atoms with Crippen LogP contribution in [0.15, 0.2) is 48.5 Å². The fourth-order valence-electron chi connectivity index (χ4n) is 2.69. The molecule has 0 saturated heterocycles. The molecule has 0 amide bonds. The summed E-state index contributed by atoms with van der Waals surface area (Å²) in [6.07, 6.45) is 0. The van der Waals surface area contributed by atoms with E-state index in [9.17, 15) is 4.79 Å². The molecular formula is C20H20N2O2. The standard InChI is InChI=1S/C20H20N2O2/c1-4-24-20(23)17-11-9-15(10-12-17)18-14(3)21-22-19(18)16-7-5-13(2)6-8-16/h5-12H,4H2,1-3H3,(H,21,22). The third-order valence-electron chi connectivity index (χ3n) is 3.96. The molecule has 0 bridgehead atoms. The average Bonchev–Trinajstić information content (AvgIpc) is 2.97. The van der Waals surface area contributed by atoms with E-state index < -0.39 is 0 Å². The number of rotatable bonds is 4. The highest BCUT2D eigenvalue weighted by molar-refractivity contribution is 5.91. The Morgan fingerprint density at radius 2 is 1.62 bits per heavy atom. The average molecular weight is 320 g/mol. The number of benzene rings is 2. The van der Waals surface area contributed by atoms with Gasteiger partial charge in [-0.05, 0) is 38.5 Å². The van der Waals surface area contributed by atoms with Crippen molar-refractivity contribution in [3.05, 3.63) is 65.4 Å². The lowest BCUT2D eigenvalue weighted by Gasteiger charge is -2.07. The zero-order chi connectivity index (χ0) is 17.1. The van der Waals surface area contributed by atoms with Crippen LogP contribution in [0, 0.1) is 13.8 Å². The maximum atomic E-state index is 11.8. The second-order valence-corrected chi connectivity index (χ2v) is 5.74. The minimum Gasteiger partial charge on any atom is -0.462 e. The van der Waals surface area contributed by atoms with Gasteiger partial charge >= 0.3 is 5.97 Å². The molecule has 1 heterocycles. The topological polar surface area (TPSA) is 55.0 Å². The second kappa shape index (κ2) is 6.71. The molecule has 122 valence electrons. The molecule has 0 radical (unpaired) electrons. The molecule has 4 heteroatoms. The lowest BCUT2D eigenvalue weighted by atomic mass is 9.98. The SMILES string of the molecule is CCOC(=O)c1ccc(-c2c(-c3ccc(C)cc3)n[nH]c2C)cc1. The van der Waals surface area contributed by atoms with Crippen LogP contribution in [0.25, 0.3) is 22.4 Å². The first-order valence-corrected chi connectivity index (χ1v) is 7.99. The molecule has 0 aliphatic heterocycles. The van der Waals surface area contributed by atoms with E-state index in [1.807, 2.05) is 19.1 Å². The highest BCUT2D eigenvalue weighted by atomic mass is 16.5. The number of hydrogen-bond acceptors (Lipinski definition) is 3. The van der Waals surface area contributed by atoms with Crippen LogP contribution in [0.1, 0.15) is 28.5 Å². The second-order valence-electron chi connectivity index (χ2n) is 5.74. The normalized spacial score (nSPS) is 10.6. The summed E-state index contributed by atoms with van der Waals surface area (Å²) in [7, 11) is 0. The van der Waals surface area contributed by atoms with Gasteiger partial charge in [-0.2, -0.15) is 5.10 Å². The van der Waals surface area contributed by atoms with Gasteiger partial charge in [0.2, 0.25) is 0 Å². The lowest BCUT2D eigenvalue weighted by molar-refractivity contribution is 0.0526. The van der Waals surface area contributed by atoms with Crippen molar-refractivity contribution in [2.75, 3.05) is 6.61 Å². The predicted molar refractivity (Wildman–Crippen MR) is 94.9 cm³/mol. The van der Waals surface area contributed by atoms with Crippen LogP contribution in [-0.4, -0.2) is 22.8 Å². The Kier molecular flexibility index (Phi) is 4.47. The smallest absolute Gasteiger partial charge is 0.338 e. The highest BCUT2D eigenvalue weighted by Gasteiger charge is 2.15. The van der Waals surface area contributed by atoms with E-state index in [1.165, 1.54) is 5.56 Å². The minimum absolute atomic E-state index is 0.299. The Hall–Kier alpha value is -2.88. The third-order valence-corrected chi connectivity index (χ3v) is 3.96. The van der Waals surface area contributed by atoms with Gasteiger partial charge in [-0.1, -0.05) is 42.0 Å². The molecular weight excluding hydrogens is 300 g/mol. The molecule has 0 atom stereocenters. The van der Waals surface area contributed by atoms with Gasteiger partial charge in [-0.25, -0.2) is 4.79 Å². The predicted octanol–water partition coefficient (Wildman–Crippen LogP) is 4.54. The zero-order valence-corrected chi connectivity index (χ0v) is 14.1. The number of carbonyl (C=O) groups excluding carboxylic acids is 1. The summed E-state index contributed by atoms with van der Waals surface area (Å²) in [4.78, 5) is 11.8. The first-order chi connectivity index (χ1) is 11.6. The van der Waals surface area contributed by atoms with Crippen LogP contribution in [0.4, 0.5) is 0 Å². The van der Waals surface area contributed by atoms with E-state index in [2.05, 4.69) is 41.4 Å². The van der Waals surface area contributed by atoms with Crippen LogP contribution in [0.5, 0.6) is 0 Å². The molecule has 0 unspecified atom stereocenters. The van der Waals surface area contributed by atoms with E-state index >= 15 is 0 Å². The van der Waals surface area contributed by atoms with Crippen LogP contribution < -0.4 is 0 Å². The molecule has 24 heavy (non-hydrogen) atoms. The summed E-state index contributed by atoms with van der Waals surface area (Å²) >= 11 is 0. The van der Waals surface area contributed by atoms with Gasteiger partial charge in [0, 0.05) is 16.8 Å². The number of H-pyrrole nitrogens is 1. The van der Waals surface area contributed by atoms with E-state index in [0.717, 1.165) is 28.1 Å². The first-order valence-electron chi connectivity index (χ1n) is 7.99. The summed E-state index contributed by atoms with van der Waals surface area (Å²) in [6.45, 7) is 6.24. The van der Waals surface area contributed by atoms with Crippen molar-refractivity contribution in [3.63, 3.8) is 0 Å². The molecule has 0 saturated carbocycles. The molecule has 1 N–H and O–H groups in total. The first kappa shape index (κ1) is 16.0. The van der Waals surface area contributed by atoms with E-state index in [-0.39, 0.29) is 5.97 Å². The minimum atomic E-state index is -0.299. The summed E-state index contributed by atoms with van der Waals surface area (Å²) in [6, 6.07) is 15.7. The molecule has 1 aromatic heterocycles. The number of ether oxygens (including phenoxy) is 1. The molecule has 3 aromatic rings.